The van der Waals surface area contributed by atoms with Crippen LogP contribution in [-0.4, -0.2) is 36.2 Å². The molecule has 2 amide bonds. The van der Waals surface area contributed by atoms with Crippen molar-refractivity contribution < 1.29 is 23.5 Å². The molecule has 21 heavy (non-hydrogen) atoms. The topological polar surface area (TPSA) is 63.7 Å². The Morgan fingerprint density at radius 2 is 1.86 bits per heavy atom. The van der Waals surface area contributed by atoms with Crippen LogP contribution >= 0.6 is 0 Å². The SMILES string of the molecule is COc1ccc(F)cc1C(=O)CN1C(=O)CCCCC1=O. The number of rotatable bonds is 4. The van der Waals surface area contributed by atoms with Crippen LogP contribution in [-0.2, 0) is 9.59 Å². The Balaban J connectivity index is 2.22. The molecule has 5 nitrogen and oxygen atoms in total. The van der Waals surface area contributed by atoms with Gasteiger partial charge in [0.1, 0.15) is 11.6 Å². The maximum absolute atomic E-state index is 13.3. The molecular weight excluding hydrogens is 277 g/mol. The van der Waals surface area contributed by atoms with E-state index in [4.69, 9.17) is 4.74 Å². The zero-order valence-corrected chi connectivity index (χ0v) is 11.7. The van der Waals surface area contributed by atoms with E-state index < -0.39 is 11.6 Å². The molecule has 1 heterocycles. The van der Waals surface area contributed by atoms with Crippen molar-refractivity contribution in [1.29, 1.82) is 0 Å². The molecule has 0 spiro atoms. The van der Waals surface area contributed by atoms with Gasteiger partial charge < -0.3 is 4.74 Å². The van der Waals surface area contributed by atoms with E-state index in [0.717, 1.165) is 11.0 Å². The van der Waals surface area contributed by atoms with Gasteiger partial charge in [0.05, 0.1) is 19.2 Å². The monoisotopic (exact) mass is 293 g/mol. The summed E-state index contributed by atoms with van der Waals surface area (Å²) >= 11 is 0. The second kappa shape index (κ2) is 6.47. The Labute approximate surface area is 121 Å². The number of Topliss-reactive ketones (excluding diaryl/α,β-unsaturated/α-hetero) is 1. The smallest absolute Gasteiger partial charge is 0.229 e. The van der Waals surface area contributed by atoms with E-state index in [9.17, 15) is 18.8 Å². The van der Waals surface area contributed by atoms with Gasteiger partial charge in [-0.25, -0.2) is 4.39 Å². The van der Waals surface area contributed by atoms with Gasteiger partial charge in [-0.2, -0.15) is 0 Å². The number of amides is 2. The first-order valence-electron chi connectivity index (χ1n) is 6.73. The number of imide groups is 1. The fourth-order valence-electron chi connectivity index (χ4n) is 2.26. The third-order valence-corrected chi connectivity index (χ3v) is 3.40. The number of halogens is 1. The molecule has 1 aliphatic heterocycles. The van der Waals surface area contributed by atoms with Crippen molar-refractivity contribution in [3.63, 3.8) is 0 Å². The number of ketones is 1. The van der Waals surface area contributed by atoms with E-state index in [0.29, 0.717) is 12.8 Å². The first-order chi connectivity index (χ1) is 10.0. The lowest BCUT2D eigenvalue weighted by atomic mass is 10.1. The first kappa shape index (κ1) is 15.2. The Morgan fingerprint density at radius 3 is 2.43 bits per heavy atom. The van der Waals surface area contributed by atoms with Crippen LogP contribution < -0.4 is 4.74 Å². The molecule has 0 aliphatic carbocycles. The fourth-order valence-corrected chi connectivity index (χ4v) is 2.26. The molecule has 0 unspecified atom stereocenters. The van der Waals surface area contributed by atoms with E-state index in [2.05, 4.69) is 0 Å². The van der Waals surface area contributed by atoms with Crippen molar-refractivity contribution in [2.75, 3.05) is 13.7 Å². The molecule has 0 atom stereocenters. The Morgan fingerprint density at radius 1 is 1.24 bits per heavy atom. The van der Waals surface area contributed by atoms with E-state index in [1.54, 1.807) is 0 Å². The predicted molar refractivity (Wildman–Crippen MR) is 72.5 cm³/mol. The number of carbonyl (C=O) groups excluding carboxylic acids is 3. The average Bonchev–Trinajstić information content (AvgIpc) is 2.62. The van der Waals surface area contributed by atoms with Crippen LogP contribution in [0.5, 0.6) is 5.75 Å². The molecule has 6 heteroatoms. The molecular formula is C15H16FNO4. The summed E-state index contributed by atoms with van der Waals surface area (Å²) in [4.78, 5) is 36.9. The largest absolute Gasteiger partial charge is 0.496 e. The van der Waals surface area contributed by atoms with Crippen LogP contribution in [0.25, 0.3) is 0 Å². The van der Waals surface area contributed by atoms with Crippen molar-refractivity contribution >= 4 is 17.6 Å². The van der Waals surface area contributed by atoms with Gasteiger partial charge in [0.25, 0.3) is 0 Å². The summed E-state index contributed by atoms with van der Waals surface area (Å²) in [6, 6.07) is 3.57. The highest BCUT2D eigenvalue weighted by Gasteiger charge is 2.27. The fraction of sp³-hybridized carbons (Fsp3) is 0.400. The van der Waals surface area contributed by atoms with Crippen molar-refractivity contribution in [3.8, 4) is 5.75 Å². The molecule has 0 bridgehead atoms. The van der Waals surface area contributed by atoms with E-state index in [-0.39, 0.29) is 42.5 Å². The standard InChI is InChI=1S/C15H16FNO4/c1-21-13-7-6-10(16)8-11(13)12(18)9-17-14(19)4-2-3-5-15(17)20/h6-8H,2-5,9H2,1H3. The third-order valence-electron chi connectivity index (χ3n) is 3.40. The molecule has 1 aromatic carbocycles. The lowest BCUT2D eigenvalue weighted by molar-refractivity contribution is -0.143. The van der Waals surface area contributed by atoms with Crippen LogP contribution in [0.2, 0.25) is 0 Å². The van der Waals surface area contributed by atoms with Crippen LogP contribution in [0.3, 0.4) is 0 Å². The van der Waals surface area contributed by atoms with Gasteiger partial charge in [0.15, 0.2) is 5.78 Å². The van der Waals surface area contributed by atoms with Gasteiger partial charge in [-0.1, -0.05) is 0 Å². The van der Waals surface area contributed by atoms with Gasteiger partial charge in [0.2, 0.25) is 11.8 Å². The van der Waals surface area contributed by atoms with Crippen LogP contribution in [0.4, 0.5) is 4.39 Å². The minimum Gasteiger partial charge on any atom is -0.496 e. The minimum atomic E-state index is -0.576. The summed E-state index contributed by atoms with van der Waals surface area (Å²) in [5, 5.41) is 0. The molecule has 1 fully saturated rings. The highest BCUT2D eigenvalue weighted by Crippen LogP contribution is 2.21. The highest BCUT2D eigenvalue weighted by molar-refractivity contribution is 6.06. The van der Waals surface area contributed by atoms with Crippen LogP contribution in [0, 0.1) is 5.82 Å². The molecule has 2 rings (SSSR count). The second-order valence-corrected chi connectivity index (χ2v) is 4.85. The Hall–Kier alpha value is -2.24. The molecule has 1 saturated heterocycles. The Bertz CT molecular complexity index is 567. The van der Waals surface area contributed by atoms with E-state index >= 15 is 0 Å². The summed E-state index contributed by atoms with van der Waals surface area (Å²) in [7, 11) is 1.37. The molecule has 1 aliphatic rings. The summed E-state index contributed by atoms with van der Waals surface area (Å²) in [5.74, 6) is -1.60. The molecule has 0 N–H and O–H groups in total. The van der Waals surface area contributed by atoms with Crippen molar-refractivity contribution in [2.45, 2.75) is 25.7 Å². The molecule has 0 aromatic heterocycles. The molecule has 0 radical (unpaired) electrons. The molecule has 1 aromatic rings. The maximum atomic E-state index is 13.3. The lowest BCUT2D eigenvalue weighted by Crippen LogP contribution is -2.39. The van der Waals surface area contributed by atoms with Gasteiger partial charge in [-0.05, 0) is 31.0 Å². The van der Waals surface area contributed by atoms with Gasteiger partial charge in [-0.15, -0.1) is 0 Å². The number of carbonyl (C=O) groups is 3. The van der Waals surface area contributed by atoms with Crippen LogP contribution in [0.15, 0.2) is 18.2 Å². The predicted octanol–water partition coefficient (Wildman–Crippen LogP) is 1.95. The lowest BCUT2D eigenvalue weighted by Gasteiger charge is -2.18. The summed E-state index contributed by atoms with van der Waals surface area (Å²) in [5.41, 5.74) is 0.0300. The third kappa shape index (κ3) is 3.45. The summed E-state index contributed by atoms with van der Waals surface area (Å²) in [6.07, 6.45) is 1.77. The number of ether oxygens (including phenoxy) is 1. The van der Waals surface area contributed by atoms with Gasteiger partial charge in [-0.3, -0.25) is 19.3 Å². The maximum Gasteiger partial charge on any atom is 0.229 e. The van der Waals surface area contributed by atoms with Gasteiger partial charge >= 0.3 is 0 Å². The molecule has 0 saturated carbocycles. The number of hydrogen-bond donors (Lipinski definition) is 0. The zero-order valence-electron chi connectivity index (χ0n) is 11.7. The van der Waals surface area contributed by atoms with Crippen molar-refractivity contribution in [1.82, 2.24) is 4.90 Å². The quantitative estimate of drug-likeness (QED) is 0.628. The summed E-state index contributed by atoms with van der Waals surface area (Å²) < 4.78 is 18.3. The van der Waals surface area contributed by atoms with Crippen LogP contribution in [0.1, 0.15) is 36.0 Å². The van der Waals surface area contributed by atoms with E-state index in [1.807, 2.05) is 0 Å². The molecule has 112 valence electrons. The zero-order chi connectivity index (χ0) is 15.4. The number of methoxy groups -OCH3 is 1. The second-order valence-electron chi connectivity index (χ2n) is 4.85. The average molecular weight is 293 g/mol. The number of hydrogen-bond acceptors (Lipinski definition) is 4. The summed E-state index contributed by atoms with van der Waals surface area (Å²) in [6.45, 7) is -0.378. The van der Waals surface area contributed by atoms with Crippen molar-refractivity contribution in [2.24, 2.45) is 0 Å². The normalized spacial score (nSPS) is 15.8. The number of benzene rings is 1. The first-order valence-corrected chi connectivity index (χ1v) is 6.73. The highest BCUT2D eigenvalue weighted by atomic mass is 19.1. The van der Waals surface area contributed by atoms with Gasteiger partial charge in [0, 0.05) is 12.8 Å². The number of nitrogens with zero attached hydrogens (tertiary/aromatic N) is 1. The number of likely N-dealkylation sites (tertiary alicyclic amines) is 1. The Kier molecular flexibility index (Phi) is 4.67. The minimum absolute atomic E-state index is 0.0300. The van der Waals surface area contributed by atoms with E-state index in [1.165, 1.54) is 19.2 Å². The van der Waals surface area contributed by atoms with Crippen molar-refractivity contribution in [3.05, 3.63) is 29.6 Å².